The van der Waals surface area contributed by atoms with E-state index in [1.54, 1.807) is 0 Å². The van der Waals surface area contributed by atoms with Gasteiger partial charge in [-0.2, -0.15) is 0 Å². The molecule has 0 aromatic heterocycles. The van der Waals surface area contributed by atoms with Crippen LogP contribution in [0.15, 0.2) is 19.8 Å². The maximum absolute atomic E-state index is 12.2. The van der Waals surface area contributed by atoms with Gasteiger partial charge in [-0.1, -0.05) is 0 Å². The van der Waals surface area contributed by atoms with E-state index in [-0.39, 0.29) is 32.6 Å². The predicted octanol–water partition coefficient (Wildman–Crippen LogP) is -0.134. The Balaban J connectivity index is 2.11. The first-order valence-electron chi connectivity index (χ1n) is 7.48. The van der Waals surface area contributed by atoms with Crippen LogP contribution in [0.5, 0.6) is 0 Å². The van der Waals surface area contributed by atoms with Crippen LogP contribution < -0.4 is 26.5 Å². The van der Waals surface area contributed by atoms with Gasteiger partial charge >= 0.3 is 136 Å². The zero-order chi connectivity index (χ0) is 14.4. The molecule has 0 spiro atoms. The first kappa shape index (κ1) is 16.6. The van der Waals surface area contributed by atoms with Gasteiger partial charge in [0.05, 0.1) is 0 Å². The van der Waals surface area contributed by atoms with Crippen LogP contribution in [0.2, 0.25) is 0 Å². The van der Waals surface area contributed by atoms with Crippen molar-refractivity contribution in [2.24, 2.45) is 0 Å². The van der Waals surface area contributed by atoms with Crippen molar-refractivity contribution in [2.75, 3.05) is 6.54 Å². The van der Waals surface area contributed by atoms with Crippen molar-refractivity contribution in [3.8, 4) is 0 Å². The summed E-state index contributed by atoms with van der Waals surface area (Å²) in [5, 5.41) is 3.63. The van der Waals surface area contributed by atoms with Gasteiger partial charge in [0, 0.05) is 0 Å². The van der Waals surface area contributed by atoms with Gasteiger partial charge in [-0.15, -0.1) is 0 Å². The standard InChI is InChI=1S/C15H25INO2S/c1-12(2)20(18)19-15(14-9-5-7-11-17-14)13-8-4-3-6-10-16-13/h6,8,10,12,14-15,17H,3-5,7,9,11H2,1-2H3/q-1. The SMILES string of the molecule is CC(C)S(=O)OC(C1=CCCC=C[I-]1)C1CCCCN1. The minimum absolute atomic E-state index is 0.00841. The normalized spacial score (nSPS) is 27.4. The summed E-state index contributed by atoms with van der Waals surface area (Å²) in [6.45, 7) is 4.97. The fraction of sp³-hybridized carbons (Fsp3) is 0.733. The Morgan fingerprint density at radius 3 is 2.95 bits per heavy atom. The summed E-state index contributed by atoms with van der Waals surface area (Å²) in [7, 11) is 0. The Bertz CT molecular complexity index is 389. The quantitative estimate of drug-likeness (QED) is 0.642. The second-order valence-corrected chi connectivity index (χ2v) is 9.76. The number of nitrogens with one attached hydrogen (secondary N) is 1. The topological polar surface area (TPSA) is 38.3 Å². The molecule has 2 heterocycles. The third kappa shape index (κ3) is 4.93. The van der Waals surface area contributed by atoms with E-state index >= 15 is 0 Å². The Hall–Kier alpha value is 0.280. The molecule has 3 atom stereocenters. The van der Waals surface area contributed by atoms with Crippen molar-refractivity contribution < 1.29 is 29.6 Å². The molecule has 2 rings (SSSR count). The van der Waals surface area contributed by atoms with E-state index in [9.17, 15) is 4.21 Å². The summed E-state index contributed by atoms with van der Waals surface area (Å²) in [4.78, 5) is 0. The number of piperidine rings is 1. The molecule has 1 N–H and O–H groups in total. The molecular weight excluding hydrogens is 385 g/mol. The zero-order valence-electron chi connectivity index (χ0n) is 12.3. The molecule has 3 unspecified atom stereocenters. The first-order valence-corrected chi connectivity index (χ1v) is 10.9. The van der Waals surface area contributed by atoms with Crippen LogP contribution in [0.4, 0.5) is 0 Å². The van der Waals surface area contributed by atoms with Crippen LogP contribution in [0.3, 0.4) is 0 Å². The number of hydrogen-bond acceptors (Lipinski definition) is 3. The van der Waals surface area contributed by atoms with Crippen LogP contribution in [-0.2, 0) is 15.3 Å². The Kier molecular flexibility index (Phi) is 7.21. The minimum atomic E-state index is -1.20. The van der Waals surface area contributed by atoms with Crippen LogP contribution >= 0.6 is 0 Å². The molecule has 0 aromatic rings. The summed E-state index contributed by atoms with van der Waals surface area (Å²) < 4.78 is 21.9. The third-order valence-electron chi connectivity index (χ3n) is 3.52. The maximum atomic E-state index is 12.2. The van der Waals surface area contributed by atoms with Gasteiger partial charge < -0.3 is 0 Å². The average molecular weight is 410 g/mol. The molecule has 2 aliphatic heterocycles. The van der Waals surface area contributed by atoms with Gasteiger partial charge in [-0.25, -0.2) is 0 Å². The van der Waals surface area contributed by atoms with Crippen LogP contribution in [-0.4, -0.2) is 28.1 Å². The van der Waals surface area contributed by atoms with Crippen LogP contribution in [0.1, 0.15) is 46.0 Å². The summed E-state index contributed by atoms with van der Waals surface area (Å²) in [5.41, 5.74) is 0. The molecule has 20 heavy (non-hydrogen) atoms. The zero-order valence-corrected chi connectivity index (χ0v) is 15.3. The Labute approximate surface area is 135 Å². The molecule has 1 saturated heterocycles. The predicted molar refractivity (Wildman–Crippen MR) is 80.3 cm³/mol. The summed E-state index contributed by atoms with van der Waals surface area (Å²) >= 11 is -1.31. The van der Waals surface area contributed by atoms with Gasteiger partial charge in [0.25, 0.3) is 0 Å². The summed E-state index contributed by atoms with van der Waals surface area (Å²) in [6.07, 6.45) is 10.5. The van der Waals surface area contributed by atoms with Crippen molar-refractivity contribution in [1.82, 2.24) is 5.32 Å². The molecule has 1 fully saturated rings. The molecule has 0 bridgehead atoms. The molecule has 0 saturated carbocycles. The van der Waals surface area contributed by atoms with E-state index in [1.807, 2.05) is 13.8 Å². The van der Waals surface area contributed by atoms with Crippen LogP contribution in [0.25, 0.3) is 0 Å². The van der Waals surface area contributed by atoms with Crippen molar-refractivity contribution >= 4 is 11.1 Å². The van der Waals surface area contributed by atoms with Gasteiger partial charge in [0.2, 0.25) is 0 Å². The van der Waals surface area contributed by atoms with E-state index in [4.69, 9.17) is 4.18 Å². The number of allylic oxidation sites excluding steroid dienone is 2. The average Bonchev–Trinajstić information content (AvgIpc) is 2.74. The molecule has 0 amide bonds. The van der Waals surface area contributed by atoms with E-state index in [0.717, 1.165) is 25.8 Å². The molecule has 3 nitrogen and oxygen atoms in total. The molecule has 2 aliphatic rings. The van der Waals surface area contributed by atoms with Crippen molar-refractivity contribution in [3.63, 3.8) is 0 Å². The molecule has 116 valence electrons. The fourth-order valence-electron chi connectivity index (χ4n) is 2.38. The van der Waals surface area contributed by atoms with Gasteiger partial charge in [-0.05, 0) is 0 Å². The van der Waals surface area contributed by atoms with E-state index in [1.165, 1.54) is 16.4 Å². The number of halogens is 1. The second-order valence-electron chi connectivity index (χ2n) is 5.52. The van der Waals surface area contributed by atoms with Crippen molar-refractivity contribution in [1.29, 1.82) is 0 Å². The molecule has 5 heteroatoms. The Morgan fingerprint density at radius 1 is 1.40 bits per heavy atom. The van der Waals surface area contributed by atoms with E-state index in [2.05, 4.69) is 21.6 Å². The second kappa shape index (κ2) is 8.66. The van der Waals surface area contributed by atoms with E-state index < -0.39 is 11.1 Å². The van der Waals surface area contributed by atoms with Gasteiger partial charge in [0.15, 0.2) is 0 Å². The number of rotatable bonds is 5. The molecular formula is C15H25INO2S-. The summed E-state index contributed by atoms with van der Waals surface area (Å²) in [6, 6.07) is 0.337. The van der Waals surface area contributed by atoms with Crippen LogP contribution in [0, 0.1) is 0 Å². The van der Waals surface area contributed by atoms with Crippen molar-refractivity contribution in [3.05, 3.63) is 19.8 Å². The number of hydrogen-bond donors (Lipinski definition) is 1. The molecule has 0 aromatic carbocycles. The summed E-state index contributed by atoms with van der Waals surface area (Å²) in [5.74, 6) is 0. The molecule has 0 radical (unpaired) electrons. The molecule has 0 aliphatic carbocycles. The van der Waals surface area contributed by atoms with E-state index in [0.29, 0.717) is 6.04 Å². The van der Waals surface area contributed by atoms with Gasteiger partial charge in [0.1, 0.15) is 0 Å². The first-order chi connectivity index (χ1) is 9.68. The third-order valence-corrected chi connectivity index (χ3v) is 7.33. The monoisotopic (exact) mass is 410 g/mol. The van der Waals surface area contributed by atoms with Crippen molar-refractivity contribution in [2.45, 2.75) is 63.3 Å². The Morgan fingerprint density at radius 2 is 2.25 bits per heavy atom. The van der Waals surface area contributed by atoms with Gasteiger partial charge in [-0.3, -0.25) is 0 Å². The fourth-order valence-corrected chi connectivity index (χ4v) is 5.72.